The van der Waals surface area contributed by atoms with Crippen molar-refractivity contribution in [1.29, 1.82) is 0 Å². The molecule has 1 heterocycles. The summed E-state index contributed by atoms with van der Waals surface area (Å²) in [6, 6.07) is 5.24. The number of hydrogen-bond acceptors (Lipinski definition) is 4. The first-order valence-corrected chi connectivity index (χ1v) is 6.22. The van der Waals surface area contributed by atoms with Gasteiger partial charge in [0.25, 0.3) is 5.91 Å². The number of benzene rings is 1. The van der Waals surface area contributed by atoms with Crippen molar-refractivity contribution in [1.82, 2.24) is 0 Å². The lowest BCUT2D eigenvalue weighted by atomic mass is 10.1. The van der Waals surface area contributed by atoms with Gasteiger partial charge < -0.3 is 21.5 Å². The fraction of sp³-hybridized carbons (Fsp3) is 0.462. The first kappa shape index (κ1) is 12.7. The van der Waals surface area contributed by atoms with Crippen molar-refractivity contribution >= 4 is 17.3 Å². The Bertz CT molecular complexity index is 428. The van der Waals surface area contributed by atoms with E-state index in [9.17, 15) is 4.79 Å². The molecule has 1 aromatic carbocycles. The zero-order valence-electron chi connectivity index (χ0n) is 10.3. The van der Waals surface area contributed by atoms with Crippen molar-refractivity contribution in [2.45, 2.75) is 25.4 Å². The molecule has 5 heteroatoms. The second-order valence-corrected chi connectivity index (χ2v) is 4.48. The predicted molar refractivity (Wildman–Crippen MR) is 71.5 cm³/mol. The first-order chi connectivity index (χ1) is 8.68. The van der Waals surface area contributed by atoms with Gasteiger partial charge in [0.15, 0.2) is 0 Å². The topological polar surface area (TPSA) is 90.4 Å². The monoisotopic (exact) mass is 249 g/mol. The number of primary amides is 1. The Morgan fingerprint density at radius 1 is 1.50 bits per heavy atom. The van der Waals surface area contributed by atoms with Gasteiger partial charge in [-0.3, -0.25) is 4.79 Å². The number of anilines is 2. The molecule has 0 bridgehead atoms. The Kier molecular flexibility index (Phi) is 4.04. The zero-order valence-corrected chi connectivity index (χ0v) is 10.3. The molecule has 5 nitrogen and oxygen atoms in total. The van der Waals surface area contributed by atoms with Crippen molar-refractivity contribution in [2.75, 3.05) is 24.2 Å². The van der Waals surface area contributed by atoms with Crippen LogP contribution in [0.1, 0.15) is 29.6 Å². The summed E-state index contributed by atoms with van der Waals surface area (Å²) in [4.78, 5) is 11.2. The molecule has 1 aliphatic heterocycles. The first-order valence-electron chi connectivity index (χ1n) is 6.22. The molecule has 0 aliphatic carbocycles. The number of para-hydroxylation sites is 1. The molecule has 98 valence electrons. The second kappa shape index (κ2) is 5.73. The number of amides is 1. The summed E-state index contributed by atoms with van der Waals surface area (Å²) in [6.45, 7) is 1.64. The van der Waals surface area contributed by atoms with E-state index in [0.29, 0.717) is 17.4 Å². The van der Waals surface area contributed by atoms with Crippen LogP contribution in [0, 0.1) is 0 Å². The SMILES string of the molecule is NC(=O)c1cccc(NCCC2CCCO2)c1N. The summed E-state index contributed by atoms with van der Waals surface area (Å²) in [6.07, 6.45) is 3.56. The maximum Gasteiger partial charge on any atom is 0.250 e. The van der Waals surface area contributed by atoms with Crippen LogP contribution in [0.15, 0.2) is 18.2 Å². The van der Waals surface area contributed by atoms with Crippen molar-refractivity contribution < 1.29 is 9.53 Å². The van der Waals surface area contributed by atoms with Crippen LogP contribution >= 0.6 is 0 Å². The number of carbonyl (C=O) groups is 1. The fourth-order valence-corrected chi connectivity index (χ4v) is 2.17. The van der Waals surface area contributed by atoms with E-state index in [0.717, 1.165) is 38.1 Å². The van der Waals surface area contributed by atoms with Crippen molar-refractivity contribution in [2.24, 2.45) is 5.73 Å². The molecule has 2 rings (SSSR count). The van der Waals surface area contributed by atoms with E-state index in [2.05, 4.69) is 5.32 Å². The largest absolute Gasteiger partial charge is 0.396 e. The molecule has 0 aromatic heterocycles. The van der Waals surface area contributed by atoms with E-state index in [4.69, 9.17) is 16.2 Å². The Balaban J connectivity index is 1.92. The van der Waals surface area contributed by atoms with Gasteiger partial charge >= 0.3 is 0 Å². The average molecular weight is 249 g/mol. The Morgan fingerprint density at radius 3 is 3.00 bits per heavy atom. The summed E-state index contributed by atoms with van der Waals surface area (Å²) in [5.41, 5.74) is 12.7. The van der Waals surface area contributed by atoms with Gasteiger partial charge in [0, 0.05) is 13.2 Å². The number of rotatable bonds is 5. The van der Waals surface area contributed by atoms with Gasteiger partial charge in [-0.2, -0.15) is 0 Å². The molecular weight excluding hydrogens is 230 g/mol. The maximum absolute atomic E-state index is 11.2. The lowest BCUT2D eigenvalue weighted by molar-refractivity contribution is 0.100. The van der Waals surface area contributed by atoms with Crippen LogP contribution in [-0.4, -0.2) is 25.2 Å². The van der Waals surface area contributed by atoms with Gasteiger partial charge in [0.05, 0.1) is 23.0 Å². The van der Waals surface area contributed by atoms with Gasteiger partial charge in [0.2, 0.25) is 0 Å². The van der Waals surface area contributed by atoms with Gasteiger partial charge in [0.1, 0.15) is 0 Å². The van der Waals surface area contributed by atoms with Crippen LogP contribution in [0.5, 0.6) is 0 Å². The molecule has 0 saturated carbocycles. The van der Waals surface area contributed by atoms with Crippen LogP contribution in [-0.2, 0) is 4.74 Å². The smallest absolute Gasteiger partial charge is 0.250 e. The van der Waals surface area contributed by atoms with E-state index >= 15 is 0 Å². The number of hydrogen-bond donors (Lipinski definition) is 3. The molecular formula is C13H19N3O2. The number of carbonyl (C=O) groups excluding carboxylic acids is 1. The van der Waals surface area contributed by atoms with Gasteiger partial charge in [-0.15, -0.1) is 0 Å². The van der Waals surface area contributed by atoms with E-state index < -0.39 is 5.91 Å². The zero-order chi connectivity index (χ0) is 13.0. The normalized spacial score (nSPS) is 18.8. The molecule has 1 aliphatic rings. The summed E-state index contributed by atoms with van der Waals surface area (Å²) in [5.74, 6) is -0.504. The lowest BCUT2D eigenvalue weighted by Gasteiger charge is -2.13. The third-order valence-electron chi connectivity index (χ3n) is 3.18. The van der Waals surface area contributed by atoms with Gasteiger partial charge in [-0.05, 0) is 31.4 Å². The minimum absolute atomic E-state index is 0.345. The van der Waals surface area contributed by atoms with E-state index in [1.54, 1.807) is 12.1 Å². The molecule has 1 atom stereocenters. The third kappa shape index (κ3) is 2.92. The molecule has 1 aromatic rings. The Hall–Kier alpha value is -1.75. The van der Waals surface area contributed by atoms with Crippen LogP contribution < -0.4 is 16.8 Å². The van der Waals surface area contributed by atoms with Crippen molar-refractivity contribution in [3.05, 3.63) is 23.8 Å². The van der Waals surface area contributed by atoms with Crippen LogP contribution in [0.2, 0.25) is 0 Å². The number of nitrogens with two attached hydrogens (primary N) is 2. The summed E-state index contributed by atoms with van der Waals surface area (Å²) in [7, 11) is 0. The van der Waals surface area contributed by atoms with Gasteiger partial charge in [-0.1, -0.05) is 6.07 Å². The fourth-order valence-electron chi connectivity index (χ4n) is 2.17. The number of nitrogens with one attached hydrogen (secondary N) is 1. The molecule has 5 N–H and O–H groups in total. The third-order valence-corrected chi connectivity index (χ3v) is 3.18. The van der Waals surface area contributed by atoms with Crippen LogP contribution in [0.25, 0.3) is 0 Å². The Labute approximate surface area is 106 Å². The molecule has 0 spiro atoms. The molecule has 1 unspecified atom stereocenters. The minimum atomic E-state index is -0.504. The highest BCUT2D eigenvalue weighted by atomic mass is 16.5. The highest BCUT2D eigenvalue weighted by Gasteiger charge is 2.15. The van der Waals surface area contributed by atoms with Crippen molar-refractivity contribution in [3.63, 3.8) is 0 Å². The van der Waals surface area contributed by atoms with E-state index in [1.807, 2.05) is 6.07 Å². The maximum atomic E-state index is 11.2. The standard InChI is InChI=1S/C13H19N3O2/c14-12-10(13(15)17)4-1-5-11(12)16-7-6-9-3-2-8-18-9/h1,4-5,9,16H,2-3,6-8,14H2,(H2,15,17). The molecule has 1 fully saturated rings. The number of nitrogen functional groups attached to an aromatic ring is 1. The van der Waals surface area contributed by atoms with Gasteiger partial charge in [-0.25, -0.2) is 0 Å². The average Bonchev–Trinajstić information content (AvgIpc) is 2.84. The van der Waals surface area contributed by atoms with Crippen molar-refractivity contribution in [3.8, 4) is 0 Å². The van der Waals surface area contributed by atoms with E-state index in [1.165, 1.54) is 0 Å². The van der Waals surface area contributed by atoms with E-state index in [-0.39, 0.29) is 0 Å². The summed E-state index contributed by atoms with van der Waals surface area (Å²) < 4.78 is 5.54. The highest BCUT2D eigenvalue weighted by Crippen LogP contribution is 2.23. The summed E-state index contributed by atoms with van der Waals surface area (Å²) >= 11 is 0. The summed E-state index contributed by atoms with van der Waals surface area (Å²) in [5, 5.41) is 3.22. The number of ether oxygens (including phenoxy) is 1. The minimum Gasteiger partial charge on any atom is -0.396 e. The quantitative estimate of drug-likeness (QED) is 0.687. The molecule has 18 heavy (non-hydrogen) atoms. The highest BCUT2D eigenvalue weighted by molar-refractivity contribution is 6.00. The van der Waals surface area contributed by atoms with Crippen LogP contribution in [0.3, 0.4) is 0 Å². The Morgan fingerprint density at radius 2 is 2.33 bits per heavy atom. The van der Waals surface area contributed by atoms with Crippen LogP contribution in [0.4, 0.5) is 11.4 Å². The molecule has 1 saturated heterocycles. The second-order valence-electron chi connectivity index (χ2n) is 4.48. The lowest BCUT2D eigenvalue weighted by Crippen LogP contribution is -2.16. The predicted octanol–water partition coefficient (Wildman–Crippen LogP) is 1.35. The molecule has 0 radical (unpaired) electrons. The molecule has 1 amide bonds.